The molecule has 2 saturated heterocycles. The van der Waals surface area contributed by atoms with Gasteiger partial charge >= 0.3 is 0 Å². The summed E-state index contributed by atoms with van der Waals surface area (Å²) < 4.78 is 5.68. The zero-order chi connectivity index (χ0) is 19.0. The minimum Gasteiger partial charge on any atom is -0.507 e. The standard InChI is InChI=1S/C21H21NO4S/c1-13-6-8-14(9-7-13)19(23)17-18(16-5-3-11-27-16)22(21(25)20(17)24)12-15-4-2-10-26-15/h3,5-9,11,15,18,23H,2,4,10,12H2,1H3/b19-17-. The number of hydrogen-bond donors (Lipinski definition) is 1. The van der Waals surface area contributed by atoms with Crippen LogP contribution in [-0.4, -0.2) is 41.0 Å². The Morgan fingerprint density at radius 1 is 1.26 bits per heavy atom. The lowest BCUT2D eigenvalue weighted by atomic mass is 9.99. The maximum absolute atomic E-state index is 12.8. The number of ketones is 1. The first-order valence-electron chi connectivity index (χ1n) is 9.06. The van der Waals surface area contributed by atoms with Crippen LogP contribution in [0.1, 0.15) is 34.9 Å². The third-order valence-corrected chi connectivity index (χ3v) is 6.03. The highest BCUT2D eigenvalue weighted by atomic mass is 32.1. The van der Waals surface area contributed by atoms with E-state index >= 15 is 0 Å². The van der Waals surface area contributed by atoms with Crippen LogP contribution in [0, 0.1) is 6.92 Å². The van der Waals surface area contributed by atoms with Crippen molar-refractivity contribution in [3.05, 3.63) is 63.4 Å². The van der Waals surface area contributed by atoms with E-state index in [1.165, 1.54) is 11.3 Å². The van der Waals surface area contributed by atoms with Gasteiger partial charge in [0.25, 0.3) is 11.7 Å². The highest BCUT2D eigenvalue weighted by molar-refractivity contribution is 7.10. The summed E-state index contributed by atoms with van der Waals surface area (Å²) in [5, 5.41) is 12.8. The number of hydrogen-bond acceptors (Lipinski definition) is 5. The second-order valence-electron chi connectivity index (χ2n) is 6.97. The predicted molar refractivity (Wildman–Crippen MR) is 103 cm³/mol. The van der Waals surface area contributed by atoms with Crippen LogP contribution in [0.15, 0.2) is 47.4 Å². The van der Waals surface area contributed by atoms with Crippen LogP contribution in [-0.2, 0) is 14.3 Å². The molecule has 2 aliphatic heterocycles. The molecule has 5 nitrogen and oxygen atoms in total. The van der Waals surface area contributed by atoms with E-state index in [1.807, 2.05) is 36.6 Å². The molecule has 0 saturated carbocycles. The van der Waals surface area contributed by atoms with Gasteiger partial charge < -0.3 is 14.7 Å². The third kappa shape index (κ3) is 3.31. The van der Waals surface area contributed by atoms with Crippen LogP contribution in [0.3, 0.4) is 0 Å². The Morgan fingerprint density at radius 3 is 2.67 bits per heavy atom. The van der Waals surface area contributed by atoms with Crippen LogP contribution >= 0.6 is 11.3 Å². The number of likely N-dealkylation sites (tertiary alicyclic amines) is 1. The minimum atomic E-state index is -0.635. The van der Waals surface area contributed by atoms with Crippen LogP contribution in [0.2, 0.25) is 0 Å². The molecular formula is C21H21NO4S. The number of thiophene rings is 1. The quantitative estimate of drug-likeness (QED) is 0.497. The van der Waals surface area contributed by atoms with Crippen molar-refractivity contribution in [2.75, 3.05) is 13.2 Å². The lowest BCUT2D eigenvalue weighted by molar-refractivity contribution is -0.140. The fourth-order valence-corrected chi connectivity index (χ4v) is 4.53. The fourth-order valence-electron chi connectivity index (χ4n) is 3.69. The molecule has 27 heavy (non-hydrogen) atoms. The zero-order valence-electron chi connectivity index (χ0n) is 15.1. The SMILES string of the molecule is Cc1ccc(/C(O)=C2/C(=O)C(=O)N(CC3CCCO3)C2c2cccs2)cc1. The molecular weight excluding hydrogens is 362 g/mol. The number of benzene rings is 1. The van der Waals surface area contributed by atoms with E-state index in [0.717, 1.165) is 23.3 Å². The highest BCUT2D eigenvalue weighted by Crippen LogP contribution is 2.41. The molecule has 2 aliphatic rings. The number of ether oxygens (including phenoxy) is 1. The monoisotopic (exact) mass is 383 g/mol. The molecule has 0 aliphatic carbocycles. The van der Waals surface area contributed by atoms with Gasteiger partial charge in [-0.1, -0.05) is 35.9 Å². The van der Waals surface area contributed by atoms with Crippen LogP contribution in [0.5, 0.6) is 0 Å². The summed E-state index contributed by atoms with van der Waals surface area (Å²) in [4.78, 5) is 28.0. The van der Waals surface area contributed by atoms with Crippen molar-refractivity contribution >= 4 is 28.8 Å². The molecule has 2 fully saturated rings. The number of nitrogens with zero attached hydrogens (tertiary/aromatic N) is 1. The smallest absolute Gasteiger partial charge is 0.295 e. The van der Waals surface area contributed by atoms with Gasteiger partial charge in [0.05, 0.1) is 17.7 Å². The van der Waals surface area contributed by atoms with Crippen molar-refractivity contribution in [2.45, 2.75) is 31.9 Å². The van der Waals surface area contributed by atoms with Gasteiger partial charge in [0.15, 0.2) is 0 Å². The number of amides is 1. The van der Waals surface area contributed by atoms with Gasteiger partial charge in [-0.25, -0.2) is 0 Å². The van der Waals surface area contributed by atoms with Gasteiger partial charge in [-0.15, -0.1) is 11.3 Å². The van der Waals surface area contributed by atoms with Crippen molar-refractivity contribution in [3.63, 3.8) is 0 Å². The molecule has 0 spiro atoms. The molecule has 6 heteroatoms. The van der Waals surface area contributed by atoms with Crippen molar-refractivity contribution in [1.82, 2.24) is 4.90 Å². The molecule has 140 valence electrons. The molecule has 2 atom stereocenters. The van der Waals surface area contributed by atoms with Crippen molar-refractivity contribution in [3.8, 4) is 0 Å². The molecule has 0 bridgehead atoms. The normalized spacial score (nSPS) is 24.7. The van der Waals surface area contributed by atoms with E-state index in [1.54, 1.807) is 17.0 Å². The van der Waals surface area contributed by atoms with E-state index < -0.39 is 17.7 Å². The maximum Gasteiger partial charge on any atom is 0.295 e. The minimum absolute atomic E-state index is 0.0647. The maximum atomic E-state index is 12.8. The lowest BCUT2D eigenvalue weighted by Crippen LogP contribution is -2.36. The molecule has 4 rings (SSSR count). The number of aliphatic hydroxyl groups is 1. The highest BCUT2D eigenvalue weighted by Gasteiger charge is 2.47. The third-order valence-electron chi connectivity index (χ3n) is 5.10. The van der Waals surface area contributed by atoms with E-state index in [4.69, 9.17) is 4.74 Å². The largest absolute Gasteiger partial charge is 0.507 e. The topological polar surface area (TPSA) is 66.8 Å². The number of rotatable bonds is 4. The van der Waals surface area contributed by atoms with Crippen molar-refractivity contribution in [1.29, 1.82) is 0 Å². The summed E-state index contributed by atoms with van der Waals surface area (Å²) in [5.41, 5.74) is 1.75. The first kappa shape index (κ1) is 17.9. The van der Waals surface area contributed by atoms with E-state index in [9.17, 15) is 14.7 Å². The van der Waals surface area contributed by atoms with E-state index in [0.29, 0.717) is 18.7 Å². The summed E-state index contributed by atoms with van der Waals surface area (Å²) in [7, 11) is 0. The Bertz CT molecular complexity index is 879. The average molecular weight is 383 g/mol. The number of aryl methyl sites for hydroxylation is 1. The van der Waals surface area contributed by atoms with Gasteiger partial charge in [0.1, 0.15) is 5.76 Å². The first-order valence-corrected chi connectivity index (χ1v) is 9.94. The predicted octanol–water partition coefficient (Wildman–Crippen LogP) is 3.66. The summed E-state index contributed by atoms with van der Waals surface area (Å²) in [6, 6.07) is 10.5. The number of aliphatic hydroxyl groups excluding tert-OH is 1. The molecule has 1 aromatic carbocycles. The molecule has 0 radical (unpaired) electrons. The molecule has 1 N–H and O–H groups in total. The first-order chi connectivity index (χ1) is 13.1. The number of carbonyl (C=O) groups is 2. The lowest BCUT2D eigenvalue weighted by Gasteiger charge is -2.26. The Morgan fingerprint density at radius 2 is 2.04 bits per heavy atom. The van der Waals surface area contributed by atoms with Gasteiger partial charge in [-0.05, 0) is 31.2 Å². The molecule has 3 heterocycles. The molecule has 2 unspecified atom stereocenters. The van der Waals surface area contributed by atoms with E-state index in [2.05, 4.69) is 0 Å². The van der Waals surface area contributed by atoms with Crippen LogP contribution < -0.4 is 0 Å². The van der Waals surface area contributed by atoms with Gasteiger partial charge in [0.2, 0.25) is 0 Å². The summed E-state index contributed by atoms with van der Waals surface area (Å²) >= 11 is 1.47. The Labute approximate surface area is 161 Å². The van der Waals surface area contributed by atoms with Gasteiger partial charge in [-0.3, -0.25) is 9.59 Å². The summed E-state index contributed by atoms with van der Waals surface area (Å²) in [5.74, 6) is -1.33. The number of carbonyl (C=O) groups excluding carboxylic acids is 2. The zero-order valence-corrected chi connectivity index (χ0v) is 15.9. The van der Waals surface area contributed by atoms with Crippen molar-refractivity contribution < 1.29 is 19.4 Å². The second-order valence-corrected chi connectivity index (χ2v) is 7.95. The number of Topliss-reactive ketones (excluding diaryl/α,β-unsaturated/α-hetero) is 1. The fraction of sp³-hybridized carbons (Fsp3) is 0.333. The molecule has 2 aromatic rings. The van der Waals surface area contributed by atoms with Crippen LogP contribution in [0.25, 0.3) is 5.76 Å². The average Bonchev–Trinajstić information content (AvgIpc) is 3.40. The van der Waals surface area contributed by atoms with Gasteiger partial charge in [-0.2, -0.15) is 0 Å². The summed E-state index contributed by atoms with van der Waals surface area (Å²) in [6.07, 6.45) is 1.77. The van der Waals surface area contributed by atoms with Gasteiger partial charge in [0, 0.05) is 23.6 Å². The molecule has 1 amide bonds. The van der Waals surface area contributed by atoms with Crippen LogP contribution in [0.4, 0.5) is 0 Å². The summed E-state index contributed by atoms with van der Waals surface area (Å²) in [6.45, 7) is 3.00. The molecule has 1 aromatic heterocycles. The van der Waals surface area contributed by atoms with E-state index in [-0.39, 0.29) is 17.4 Å². The second kappa shape index (κ2) is 7.29. The Hall–Kier alpha value is -2.44. The Balaban J connectivity index is 1.78. The Kier molecular flexibility index (Phi) is 4.85. The van der Waals surface area contributed by atoms with Crippen molar-refractivity contribution in [2.24, 2.45) is 0 Å².